The van der Waals surface area contributed by atoms with E-state index in [1.807, 2.05) is 32.0 Å². The number of carbonyl (C=O) groups is 3. The average Bonchev–Trinajstić information content (AvgIpc) is 3.12. The van der Waals surface area contributed by atoms with Gasteiger partial charge in [-0.2, -0.15) is 0 Å². The summed E-state index contributed by atoms with van der Waals surface area (Å²) in [6.45, 7) is 4.33. The van der Waals surface area contributed by atoms with E-state index >= 15 is 0 Å². The standard InChI is InChI=1S/C18H20BrN3O3/c1-3-4-7-22-15(23)13-9(2)21-18(14(13)16(22)24)11-8-10(19)5-6-12(11)20-17(18)25/h5-6,8-9,13-14,21H,3-4,7H2,1-2H3,(H,20,25)/t9-,13+,14-,18+/m0/s1. The third kappa shape index (κ3) is 2.08. The van der Waals surface area contributed by atoms with Gasteiger partial charge in [0, 0.05) is 28.3 Å². The summed E-state index contributed by atoms with van der Waals surface area (Å²) in [6, 6.07) is 5.29. The van der Waals surface area contributed by atoms with E-state index in [1.54, 1.807) is 0 Å². The Labute approximate surface area is 154 Å². The van der Waals surface area contributed by atoms with E-state index in [-0.39, 0.29) is 23.8 Å². The molecule has 2 saturated heterocycles. The Balaban J connectivity index is 1.83. The minimum atomic E-state index is -1.17. The fourth-order valence-corrected chi connectivity index (χ4v) is 4.89. The number of anilines is 1. The second-order valence-electron chi connectivity index (χ2n) is 7.07. The van der Waals surface area contributed by atoms with Crippen molar-refractivity contribution in [3.8, 4) is 0 Å². The maximum Gasteiger partial charge on any atom is 0.250 e. The van der Waals surface area contributed by atoms with Gasteiger partial charge in [-0.3, -0.25) is 24.6 Å². The van der Waals surface area contributed by atoms with E-state index in [0.29, 0.717) is 12.2 Å². The molecule has 0 bridgehead atoms. The van der Waals surface area contributed by atoms with Gasteiger partial charge in [0.05, 0.1) is 11.8 Å². The number of carbonyl (C=O) groups excluding carboxylic acids is 3. The number of nitrogens with one attached hydrogen (secondary N) is 2. The largest absolute Gasteiger partial charge is 0.324 e. The minimum absolute atomic E-state index is 0.156. The summed E-state index contributed by atoms with van der Waals surface area (Å²) in [5.41, 5.74) is 0.266. The van der Waals surface area contributed by atoms with Crippen LogP contribution in [0.4, 0.5) is 5.69 Å². The Bertz CT molecular complexity index is 796. The van der Waals surface area contributed by atoms with Gasteiger partial charge in [-0.1, -0.05) is 29.3 Å². The quantitative estimate of drug-likeness (QED) is 0.753. The van der Waals surface area contributed by atoms with Crippen LogP contribution in [0.25, 0.3) is 0 Å². The third-order valence-electron chi connectivity index (χ3n) is 5.65. The van der Waals surface area contributed by atoms with Gasteiger partial charge in [0.2, 0.25) is 17.7 Å². The zero-order valence-electron chi connectivity index (χ0n) is 14.1. The van der Waals surface area contributed by atoms with Gasteiger partial charge in [0.15, 0.2) is 0 Å². The van der Waals surface area contributed by atoms with Gasteiger partial charge in [-0.15, -0.1) is 0 Å². The molecule has 0 saturated carbocycles. The SMILES string of the molecule is CCCCN1C(=O)[C@@H]2[C@H](C)N[C@@]3(C(=O)Nc4ccc(Br)cc43)[C@@H]2C1=O. The van der Waals surface area contributed by atoms with Gasteiger partial charge in [0.1, 0.15) is 5.54 Å². The van der Waals surface area contributed by atoms with Crippen molar-refractivity contribution in [2.45, 2.75) is 38.3 Å². The number of rotatable bonds is 3. The van der Waals surface area contributed by atoms with Crippen molar-refractivity contribution in [1.82, 2.24) is 10.2 Å². The van der Waals surface area contributed by atoms with Crippen molar-refractivity contribution in [3.05, 3.63) is 28.2 Å². The lowest BCUT2D eigenvalue weighted by atomic mass is 9.76. The van der Waals surface area contributed by atoms with Crippen LogP contribution >= 0.6 is 15.9 Å². The highest BCUT2D eigenvalue weighted by Crippen LogP contribution is 2.53. The Kier molecular flexibility index (Phi) is 3.77. The van der Waals surface area contributed by atoms with Crippen LogP contribution in [-0.4, -0.2) is 35.2 Å². The molecule has 0 unspecified atom stereocenters. The molecule has 4 rings (SSSR count). The van der Waals surface area contributed by atoms with E-state index in [0.717, 1.165) is 22.9 Å². The summed E-state index contributed by atoms with van der Waals surface area (Å²) in [7, 11) is 0. The molecular weight excluding hydrogens is 386 g/mol. The van der Waals surface area contributed by atoms with Crippen LogP contribution in [-0.2, 0) is 19.9 Å². The van der Waals surface area contributed by atoms with E-state index in [2.05, 4.69) is 26.6 Å². The molecule has 3 aliphatic rings. The molecule has 1 aromatic rings. The molecule has 1 aromatic carbocycles. The van der Waals surface area contributed by atoms with Crippen molar-refractivity contribution in [2.75, 3.05) is 11.9 Å². The lowest BCUT2D eigenvalue weighted by Crippen LogP contribution is -2.53. The number of hydrogen-bond acceptors (Lipinski definition) is 4. The summed E-state index contributed by atoms with van der Waals surface area (Å²) in [5, 5.41) is 6.18. The number of amides is 3. The lowest BCUT2D eigenvalue weighted by Gasteiger charge is -2.29. The van der Waals surface area contributed by atoms with Gasteiger partial charge < -0.3 is 5.32 Å². The Morgan fingerprint density at radius 2 is 2.00 bits per heavy atom. The second kappa shape index (κ2) is 5.64. The average molecular weight is 406 g/mol. The fourth-order valence-electron chi connectivity index (χ4n) is 4.53. The first kappa shape index (κ1) is 16.7. The number of nitrogens with zero attached hydrogens (tertiary/aromatic N) is 1. The van der Waals surface area contributed by atoms with Crippen molar-refractivity contribution in [2.24, 2.45) is 11.8 Å². The van der Waals surface area contributed by atoms with Crippen molar-refractivity contribution < 1.29 is 14.4 Å². The maximum absolute atomic E-state index is 13.1. The van der Waals surface area contributed by atoms with E-state index < -0.39 is 17.4 Å². The fraction of sp³-hybridized carbons (Fsp3) is 0.500. The Morgan fingerprint density at radius 3 is 2.72 bits per heavy atom. The molecule has 2 fully saturated rings. The number of halogens is 1. The first-order valence-electron chi connectivity index (χ1n) is 8.66. The summed E-state index contributed by atoms with van der Waals surface area (Å²) >= 11 is 3.45. The second-order valence-corrected chi connectivity index (χ2v) is 7.99. The van der Waals surface area contributed by atoms with Crippen LogP contribution in [0.1, 0.15) is 32.3 Å². The number of hydrogen-bond donors (Lipinski definition) is 2. The molecule has 0 aromatic heterocycles. The number of likely N-dealkylation sites (tertiary alicyclic amines) is 1. The molecule has 3 heterocycles. The molecule has 0 radical (unpaired) electrons. The third-order valence-corrected chi connectivity index (χ3v) is 6.14. The topological polar surface area (TPSA) is 78.5 Å². The molecular formula is C18H20BrN3O3. The normalized spacial score (nSPS) is 33.2. The van der Waals surface area contributed by atoms with E-state index in [4.69, 9.17) is 0 Å². The zero-order chi connectivity index (χ0) is 17.9. The number of fused-ring (bicyclic) bond motifs is 4. The molecule has 6 nitrogen and oxygen atoms in total. The molecule has 132 valence electrons. The zero-order valence-corrected chi connectivity index (χ0v) is 15.7. The van der Waals surface area contributed by atoms with Crippen LogP contribution in [0.2, 0.25) is 0 Å². The molecule has 0 aliphatic carbocycles. The number of unbranched alkanes of at least 4 members (excludes halogenated alkanes) is 1. The Morgan fingerprint density at radius 1 is 1.24 bits per heavy atom. The van der Waals surface area contributed by atoms with Crippen molar-refractivity contribution in [3.63, 3.8) is 0 Å². The van der Waals surface area contributed by atoms with Crippen LogP contribution in [0.5, 0.6) is 0 Å². The minimum Gasteiger partial charge on any atom is -0.324 e. The molecule has 3 amide bonds. The molecule has 2 N–H and O–H groups in total. The Hall–Kier alpha value is -1.73. The van der Waals surface area contributed by atoms with Gasteiger partial charge in [-0.05, 0) is 31.5 Å². The smallest absolute Gasteiger partial charge is 0.250 e. The monoisotopic (exact) mass is 405 g/mol. The summed E-state index contributed by atoms with van der Waals surface area (Å²) < 4.78 is 0.833. The first-order chi connectivity index (χ1) is 11.9. The van der Waals surface area contributed by atoms with Gasteiger partial charge in [0.25, 0.3) is 0 Å². The highest BCUT2D eigenvalue weighted by molar-refractivity contribution is 9.10. The van der Waals surface area contributed by atoms with Gasteiger partial charge in [-0.25, -0.2) is 0 Å². The summed E-state index contributed by atoms with van der Waals surface area (Å²) in [6.07, 6.45) is 1.68. The molecule has 25 heavy (non-hydrogen) atoms. The lowest BCUT2D eigenvalue weighted by molar-refractivity contribution is -0.142. The number of benzene rings is 1. The van der Waals surface area contributed by atoms with E-state index in [9.17, 15) is 14.4 Å². The maximum atomic E-state index is 13.1. The number of imide groups is 1. The van der Waals surface area contributed by atoms with E-state index in [1.165, 1.54) is 4.90 Å². The highest BCUT2D eigenvalue weighted by Gasteiger charge is 2.69. The summed E-state index contributed by atoms with van der Waals surface area (Å²) in [5.74, 6) is -1.83. The molecule has 3 aliphatic heterocycles. The van der Waals surface area contributed by atoms with Crippen molar-refractivity contribution in [1.29, 1.82) is 0 Å². The predicted molar refractivity (Wildman–Crippen MR) is 95.7 cm³/mol. The highest BCUT2D eigenvalue weighted by atomic mass is 79.9. The summed E-state index contributed by atoms with van der Waals surface area (Å²) in [4.78, 5) is 40.3. The molecule has 1 spiro atoms. The van der Waals surface area contributed by atoms with Crippen LogP contribution in [0, 0.1) is 11.8 Å². The van der Waals surface area contributed by atoms with Crippen LogP contribution < -0.4 is 10.6 Å². The van der Waals surface area contributed by atoms with Crippen LogP contribution in [0.15, 0.2) is 22.7 Å². The molecule has 7 heteroatoms. The van der Waals surface area contributed by atoms with Crippen molar-refractivity contribution >= 4 is 39.3 Å². The van der Waals surface area contributed by atoms with Gasteiger partial charge >= 0.3 is 0 Å². The van der Waals surface area contributed by atoms with Crippen LogP contribution in [0.3, 0.4) is 0 Å². The first-order valence-corrected chi connectivity index (χ1v) is 9.45. The molecule has 4 atom stereocenters. The predicted octanol–water partition coefficient (Wildman–Crippen LogP) is 1.99.